The molecule has 1 aromatic heterocycles. The summed E-state index contributed by atoms with van der Waals surface area (Å²) in [7, 11) is 0. The van der Waals surface area contributed by atoms with Crippen LogP contribution >= 0.6 is 0 Å². The van der Waals surface area contributed by atoms with Crippen LogP contribution in [0, 0.1) is 0 Å². The molecule has 0 atom stereocenters. The van der Waals surface area contributed by atoms with Crippen LogP contribution < -0.4 is 10.5 Å². The van der Waals surface area contributed by atoms with E-state index in [0.717, 1.165) is 46.4 Å². The summed E-state index contributed by atoms with van der Waals surface area (Å²) < 4.78 is 5.69. The van der Waals surface area contributed by atoms with Crippen molar-refractivity contribution < 1.29 is 4.74 Å². The maximum atomic E-state index is 5.86. The molecule has 104 valence electrons. The summed E-state index contributed by atoms with van der Waals surface area (Å²) in [6.07, 6.45) is 2.89. The number of ether oxygens (including phenoxy) is 1. The zero-order valence-corrected chi connectivity index (χ0v) is 11.7. The van der Waals surface area contributed by atoms with Crippen LogP contribution in [0.25, 0.3) is 22.0 Å². The van der Waals surface area contributed by atoms with Gasteiger partial charge in [0.05, 0.1) is 12.1 Å². The van der Waals surface area contributed by atoms with Gasteiger partial charge in [-0.3, -0.25) is 4.98 Å². The van der Waals surface area contributed by atoms with Crippen molar-refractivity contribution in [3.8, 4) is 16.9 Å². The molecule has 3 nitrogen and oxygen atoms in total. The molecule has 0 aliphatic carbocycles. The highest BCUT2D eigenvalue weighted by molar-refractivity contribution is 5.83. The van der Waals surface area contributed by atoms with Crippen LogP contribution in [0.4, 0.5) is 0 Å². The van der Waals surface area contributed by atoms with Gasteiger partial charge in [0.25, 0.3) is 0 Å². The van der Waals surface area contributed by atoms with Crippen LogP contribution in [0.3, 0.4) is 0 Å². The minimum atomic E-state index is 0.497. The molecular formula is C18H16N2O. The topological polar surface area (TPSA) is 48.1 Å². The van der Waals surface area contributed by atoms with Crippen molar-refractivity contribution in [1.29, 1.82) is 0 Å². The molecule has 0 radical (unpaired) electrons. The van der Waals surface area contributed by atoms with Gasteiger partial charge < -0.3 is 10.5 Å². The zero-order valence-electron chi connectivity index (χ0n) is 11.7. The number of aromatic nitrogens is 1. The Balaban J connectivity index is 1.88. The largest absolute Gasteiger partial charge is 0.493 e. The second-order valence-corrected chi connectivity index (χ2v) is 5.34. The van der Waals surface area contributed by atoms with E-state index in [2.05, 4.69) is 29.2 Å². The first-order valence-corrected chi connectivity index (χ1v) is 7.19. The highest BCUT2D eigenvalue weighted by Crippen LogP contribution is 2.34. The van der Waals surface area contributed by atoms with E-state index in [1.807, 2.05) is 24.4 Å². The Bertz CT molecular complexity index is 827. The second kappa shape index (κ2) is 4.86. The van der Waals surface area contributed by atoms with Crippen molar-refractivity contribution in [2.75, 3.05) is 6.61 Å². The monoisotopic (exact) mass is 276 g/mol. The van der Waals surface area contributed by atoms with Crippen LogP contribution in [-0.4, -0.2) is 11.6 Å². The summed E-state index contributed by atoms with van der Waals surface area (Å²) in [5.74, 6) is 0.981. The van der Waals surface area contributed by atoms with Crippen molar-refractivity contribution in [2.24, 2.45) is 5.73 Å². The third kappa shape index (κ3) is 2.06. The number of hydrogen-bond acceptors (Lipinski definition) is 3. The standard InChI is InChI=1S/C18H16N2O/c19-10-15-9-14(8-13-5-6-21-18(13)15)16-7-12-3-1-2-4-17(12)20-11-16/h1-4,7-9,11H,5-6,10,19H2. The van der Waals surface area contributed by atoms with E-state index in [1.54, 1.807) is 0 Å². The Hall–Kier alpha value is -2.39. The summed E-state index contributed by atoms with van der Waals surface area (Å²) in [6, 6.07) is 14.7. The maximum Gasteiger partial charge on any atom is 0.127 e. The number of pyridine rings is 1. The molecule has 0 bridgehead atoms. The van der Waals surface area contributed by atoms with Crippen LogP contribution in [0.1, 0.15) is 11.1 Å². The van der Waals surface area contributed by atoms with Gasteiger partial charge in [0.1, 0.15) is 5.75 Å². The Morgan fingerprint density at radius 1 is 1.10 bits per heavy atom. The van der Waals surface area contributed by atoms with E-state index in [9.17, 15) is 0 Å². The van der Waals surface area contributed by atoms with Gasteiger partial charge in [-0.05, 0) is 35.4 Å². The first kappa shape index (κ1) is 12.4. The Labute approximate surface area is 123 Å². The molecule has 2 aromatic carbocycles. The van der Waals surface area contributed by atoms with Gasteiger partial charge in [-0.1, -0.05) is 18.2 Å². The number of rotatable bonds is 2. The zero-order chi connectivity index (χ0) is 14.2. The second-order valence-electron chi connectivity index (χ2n) is 5.34. The van der Waals surface area contributed by atoms with Crippen LogP contribution in [0.2, 0.25) is 0 Å². The van der Waals surface area contributed by atoms with Crippen molar-refractivity contribution in [1.82, 2.24) is 4.98 Å². The lowest BCUT2D eigenvalue weighted by Gasteiger charge is -2.10. The van der Waals surface area contributed by atoms with E-state index in [4.69, 9.17) is 10.5 Å². The fourth-order valence-corrected chi connectivity index (χ4v) is 2.94. The summed E-state index contributed by atoms with van der Waals surface area (Å²) in [6.45, 7) is 1.25. The molecule has 2 N–H and O–H groups in total. The molecule has 3 heteroatoms. The predicted molar refractivity (Wildman–Crippen MR) is 84.3 cm³/mol. The summed E-state index contributed by atoms with van der Waals surface area (Å²) >= 11 is 0. The fourth-order valence-electron chi connectivity index (χ4n) is 2.94. The van der Waals surface area contributed by atoms with Gasteiger partial charge in [0.15, 0.2) is 0 Å². The van der Waals surface area contributed by atoms with E-state index >= 15 is 0 Å². The molecule has 0 fully saturated rings. The SMILES string of the molecule is NCc1cc(-c2cnc3ccccc3c2)cc2c1OCC2. The summed E-state index contributed by atoms with van der Waals surface area (Å²) in [5.41, 5.74) is 11.5. The highest BCUT2D eigenvalue weighted by Gasteiger charge is 2.17. The van der Waals surface area contributed by atoms with Gasteiger partial charge in [-0.2, -0.15) is 0 Å². The van der Waals surface area contributed by atoms with E-state index < -0.39 is 0 Å². The Kier molecular flexibility index (Phi) is 2.86. The lowest BCUT2D eigenvalue weighted by molar-refractivity contribution is 0.353. The number of fused-ring (bicyclic) bond motifs is 2. The predicted octanol–water partition coefficient (Wildman–Crippen LogP) is 3.30. The number of nitrogens with zero attached hydrogens (tertiary/aromatic N) is 1. The molecule has 2 heterocycles. The molecule has 0 saturated carbocycles. The minimum absolute atomic E-state index is 0.497. The molecule has 4 rings (SSSR count). The smallest absolute Gasteiger partial charge is 0.127 e. The molecule has 0 amide bonds. The van der Waals surface area contributed by atoms with Gasteiger partial charge in [0.2, 0.25) is 0 Å². The molecule has 1 aliphatic heterocycles. The maximum absolute atomic E-state index is 5.86. The average Bonchev–Trinajstić information content (AvgIpc) is 3.02. The lowest BCUT2D eigenvalue weighted by Crippen LogP contribution is -2.00. The summed E-state index contributed by atoms with van der Waals surface area (Å²) in [4.78, 5) is 4.54. The van der Waals surface area contributed by atoms with E-state index in [-0.39, 0.29) is 0 Å². The van der Waals surface area contributed by atoms with Crippen LogP contribution in [-0.2, 0) is 13.0 Å². The van der Waals surface area contributed by atoms with Crippen molar-refractivity contribution in [2.45, 2.75) is 13.0 Å². The minimum Gasteiger partial charge on any atom is -0.493 e. The first-order valence-electron chi connectivity index (χ1n) is 7.19. The summed E-state index contributed by atoms with van der Waals surface area (Å²) in [5, 5.41) is 1.15. The third-order valence-corrected chi connectivity index (χ3v) is 4.00. The van der Waals surface area contributed by atoms with Gasteiger partial charge in [-0.25, -0.2) is 0 Å². The van der Waals surface area contributed by atoms with E-state index in [1.165, 1.54) is 5.56 Å². The molecule has 0 saturated heterocycles. The van der Waals surface area contributed by atoms with Crippen molar-refractivity contribution >= 4 is 10.9 Å². The van der Waals surface area contributed by atoms with Gasteiger partial charge >= 0.3 is 0 Å². The lowest BCUT2D eigenvalue weighted by atomic mass is 9.98. The number of nitrogens with two attached hydrogens (primary N) is 1. The Morgan fingerprint density at radius 2 is 2.00 bits per heavy atom. The normalized spacial score (nSPS) is 13.2. The van der Waals surface area contributed by atoms with E-state index in [0.29, 0.717) is 6.54 Å². The van der Waals surface area contributed by atoms with Gasteiger partial charge in [-0.15, -0.1) is 0 Å². The van der Waals surface area contributed by atoms with Crippen molar-refractivity contribution in [3.63, 3.8) is 0 Å². The number of hydrogen-bond donors (Lipinski definition) is 1. The molecule has 3 aromatic rings. The number of benzene rings is 2. The molecule has 0 spiro atoms. The first-order chi connectivity index (χ1) is 10.3. The Morgan fingerprint density at radius 3 is 2.90 bits per heavy atom. The molecular weight excluding hydrogens is 260 g/mol. The third-order valence-electron chi connectivity index (χ3n) is 4.00. The average molecular weight is 276 g/mol. The fraction of sp³-hybridized carbons (Fsp3) is 0.167. The number of para-hydroxylation sites is 1. The van der Waals surface area contributed by atoms with Crippen LogP contribution in [0.5, 0.6) is 5.75 Å². The highest BCUT2D eigenvalue weighted by atomic mass is 16.5. The molecule has 21 heavy (non-hydrogen) atoms. The quantitative estimate of drug-likeness (QED) is 0.781. The molecule has 0 unspecified atom stereocenters. The van der Waals surface area contributed by atoms with Crippen LogP contribution in [0.15, 0.2) is 48.7 Å². The van der Waals surface area contributed by atoms with Crippen molar-refractivity contribution in [3.05, 3.63) is 59.8 Å². The molecule has 1 aliphatic rings. The van der Waals surface area contributed by atoms with Gasteiger partial charge in [0, 0.05) is 35.7 Å².